The van der Waals surface area contributed by atoms with Gasteiger partial charge in [0.2, 0.25) is 5.91 Å². The normalized spacial score (nSPS) is 14.9. The molecule has 0 bridgehead atoms. The van der Waals surface area contributed by atoms with E-state index in [1.54, 1.807) is 10.9 Å². The van der Waals surface area contributed by atoms with Gasteiger partial charge in [-0.15, -0.1) is 0 Å². The third kappa shape index (κ3) is 5.66. The van der Waals surface area contributed by atoms with Crippen LogP contribution in [0, 0.1) is 13.8 Å². The van der Waals surface area contributed by atoms with Crippen LogP contribution in [0.1, 0.15) is 42.6 Å². The van der Waals surface area contributed by atoms with Crippen molar-refractivity contribution in [1.29, 1.82) is 0 Å². The highest BCUT2D eigenvalue weighted by molar-refractivity contribution is 5.95. The lowest BCUT2D eigenvalue weighted by Crippen LogP contribution is -2.50. The van der Waals surface area contributed by atoms with Gasteiger partial charge in [0.05, 0.1) is 11.7 Å². The van der Waals surface area contributed by atoms with Crippen LogP contribution in [0.25, 0.3) is 5.69 Å². The second-order valence-electron chi connectivity index (χ2n) is 10.5. The number of nitrogens with zero attached hydrogens (tertiary/aromatic N) is 5. The number of hydrogen-bond donors (Lipinski definition) is 1. The van der Waals surface area contributed by atoms with Gasteiger partial charge in [0, 0.05) is 37.6 Å². The van der Waals surface area contributed by atoms with Crippen LogP contribution in [-0.4, -0.2) is 51.3 Å². The number of amides is 1. The van der Waals surface area contributed by atoms with Crippen molar-refractivity contribution in [3.05, 3.63) is 106 Å². The van der Waals surface area contributed by atoms with E-state index in [9.17, 15) is 9.59 Å². The largest absolute Gasteiger partial charge is 0.369 e. The van der Waals surface area contributed by atoms with E-state index in [0.717, 1.165) is 54.4 Å². The van der Waals surface area contributed by atoms with Crippen molar-refractivity contribution in [3.8, 4) is 5.69 Å². The summed E-state index contributed by atoms with van der Waals surface area (Å²) in [4.78, 5) is 30.8. The van der Waals surface area contributed by atoms with E-state index in [2.05, 4.69) is 34.1 Å². The Balaban J connectivity index is 1.29. The van der Waals surface area contributed by atoms with Gasteiger partial charge in [-0.05, 0) is 80.8 Å². The van der Waals surface area contributed by atoms with Crippen molar-refractivity contribution in [2.24, 2.45) is 0 Å². The summed E-state index contributed by atoms with van der Waals surface area (Å²) in [5.41, 5.74) is 5.92. The van der Waals surface area contributed by atoms with Gasteiger partial charge < -0.3 is 10.2 Å². The lowest BCUT2D eigenvalue weighted by Gasteiger charge is -2.39. The molecule has 1 aliphatic rings. The third-order valence-corrected chi connectivity index (χ3v) is 7.49. The van der Waals surface area contributed by atoms with Crippen LogP contribution >= 0.6 is 0 Å². The number of carbonyl (C=O) groups excluding carboxylic acids is 1. The fraction of sp³-hybridized carbons (Fsp3) is 0.323. The first-order valence-electron chi connectivity index (χ1n) is 13.5. The van der Waals surface area contributed by atoms with E-state index in [0.29, 0.717) is 0 Å². The molecule has 5 rings (SSSR count). The zero-order valence-corrected chi connectivity index (χ0v) is 23.0. The summed E-state index contributed by atoms with van der Waals surface area (Å²) < 4.78 is 3.05. The van der Waals surface area contributed by atoms with E-state index < -0.39 is 0 Å². The molecule has 0 aliphatic carbocycles. The molecule has 1 atom stereocenters. The van der Waals surface area contributed by atoms with Crippen molar-refractivity contribution in [2.45, 2.75) is 39.8 Å². The maximum Gasteiger partial charge on any atom is 0.350 e. The highest BCUT2D eigenvalue weighted by Gasteiger charge is 2.30. The third-order valence-electron chi connectivity index (χ3n) is 7.49. The molecule has 0 saturated carbocycles. The van der Waals surface area contributed by atoms with Gasteiger partial charge in [-0.2, -0.15) is 5.10 Å². The minimum absolute atomic E-state index is 0.0112. The number of nitrogens with one attached hydrogen (secondary N) is 1. The average Bonchev–Trinajstić information content (AvgIpc) is 3.33. The fourth-order valence-electron chi connectivity index (χ4n) is 5.10. The minimum Gasteiger partial charge on any atom is -0.369 e. The second-order valence-corrected chi connectivity index (χ2v) is 10.5. The molecule has 1 amide bonds. The molecule has 1 saturated heterocycles. The van der Waals surface area contributed by atoms with Crippen molar-refractivity contribution >= 4 is 17.3 Å². The smallest absolute Gasteiger partial charge is 0.350 e. The molecule has 2 heterocycles. The van der Waals surface area contributed by atoms with Gasteiger partial charge >= 0.3 is 5.69 Å². The summed E-state index contributed by atoms with van der Waals surface area (Å²) >= 11 is 0. The molecule has 1 fully saturated rings. The van der Waals surface area contributed by atoms with Gasteiger partial charge in [-0.1, -0.05) is 36.4 Å². The molecule has 8 nitrogen and oxygen atoms in total. The lowest BCUT2D eigenvalue weighted by molar-refractivity contribution is -0.121. The molecule has 1 N–H and O–H groups in total. The first kappa shape index (κ1) is 26.4. The van der Waals surface area contributed by atoms with Crippen molar-refractivity contribution in [1.82, 2.24) is 19.2 Å². The van der Waals surface area contributed by atoms with Gasteiger partial charge in [-0.25, -0.2) is 14.0 Å². The summed E-state index contributed by atoms with van der Waals surface area (Å²) in [6.07, 6.45) is 1.57. The Bertz CT molecular complexity index is 1480. The van der Waals surface area contributed by atoms with Crippen molar-refractivity contribution < 1.29 is 4.79 Å². The van der Waals surface area contributed by atoms with Crippen LogP contribution in [0.4, 0.5) is 11.4 Å². The summed E-state index contributed by atoms with van der Waals surface area (Å²) in [6, 6.07) is 23.7. The molecule has 4 aromatic rings. The first-order chi connectivity index (χ1) is 18.8. The molecular formula is C31H36N6O2. The molecule has 202 valence electrons. The molecule has 0 radical (unpaired) electrons. The number of benzene rings is 3. The van der Waals surface area contributed by atoms with Crippen LogP contribution < -0.4 is 15.9 Å². The van der Waals surface area contributed by atoms with Gasteiger partial charge in [0.25, 0.3) is 0 Å². The number of anilines is 2. The number of rotatable bonds is 7. The Hall–Kier alpha value is -4.17. The quantitative estimate of drug-likeness (QED) is 0.378. The Morgan fingerprint density at radius 1 is 0.846 bits per heavy atom. The standard InChI is InChI=1S/C31H36N6O2/c1-22(2)37-31(39)36(21-32-37)28-14-12-27(13-15-28)34-16-18-35(19-17-34)29(25-8-6-5-7-9-25)30(38)33-26-11-10-23(3)24(4)20-26/h5-15,20-22,29H,16-19H2,1-4H3,(H,33,38). The number of carbonyl (C=O) groups is 1. The molecule has 3 aromatic carbocycles. The molecule has 1 aliphatic heterocycles. The summed E-state index contributed by atoms with van der Waals surface area (Å²) in [6.45, 7) is 11.1. The Labute approximate surface area is 229 Å². The van der Waals surface area contributed by atoms with Crippen molar-refractivity contribution in [3.63, 3.8) is 0 Å². The number of hydrogen-bond acceptors (Lipinski definition) is 5. The van der Waals surface area contributed by atoms with Gasteiger partial charge in [0.1, 0.15) is 12.4 Å². The Morgan fingerprint density at radius 3 is 2.13 bits per heavy atom. The average molecular weight is 525 g/mol. The van der Waals surface area contributed by atoms with Gasteiger partial charge in [-0.3, -0.25) is 9.69 Å². The zero-order chi connectivity index (χ0) is 27.5. The van der Waals surface area contributed by atoms with Crippen LogP contribution in [0.5, 0.6) is 0 Å². The van der Waals surface area contributed by atoms with E-state index in [1.807, 2.05) is 86.6 Å². The zero-order valence-electron chi connectivity index (χ0n) is 23.0. The van der Waals surface area contributed by atoms with E-state index >= 15 is 0 Å². The monoisotopic (exact) mass is 524 g/mol. The predicted molar refractivity (Wildman–Crippen MR) is 156 cm³/mol. The fourth-order valence-corrected chi connectivity index (χ4v) is 5.10. The molecule has 1 aromatic heterocycles. The van der Waals surface area contributed by atoms with E-state index in [-0.39, 0.29) is 23.7 Å². The number of aryl methyl sites for hydroxylation is 2. The van der Waals surface area contributed by atoms with Crippen LogP contribution in [0.15, 0.2) is 83.9 Å². The van der Waals surface area contributed by atoms with E-state index in [4.69, 9.17) is 0 Å². The van der Waals surface area contributed by atoms with Gasteiger partial charge in [0.15, 0.2) is 0 Å². The SMILES string of the molecule is Cc1ccc(NC(=O)C(c2ccccc2)N2CCN(c3ccc(-n4cnn(C(C)C)c4=O)cc3)CC2)cc1C. The second kappa shape index (κ2) is 11.3. The topological polar surface area (TPSA) is 75.4 Å². The molecule has 0 spiro atoms. The molecule has 39 heavy (non-hydrogen) atoms. The first-order valence-corrected chi connectivity index (χ1v) is 13.5. The highest BCUT2D eigenvalue weighted by atomic mass is 16.2. The Kier molecular flexibility index (Phi) is 7.65. The number of piperazine rings is 1. The molecule has 8 heteroatoms. The lowest BCUT2D eigenvalue weighted by atomic mass is 10.0. The maximum absolute atomic E-state index is 13.6. The van der Waals surface area contributed by atoms with Crippen molar-refractivity contribution in [2.75, 3.05) is 36.4 Å². The van der Waals surface area contributed by atoms with Crippen LogP contribution in [0.3, 0.4) is 0 Å². The summed E-state index contributed by atoms with van der Waals surface area (Å²) in [7, 11) is 0. The molecular weight excluding hydrogens is 488 g/mol. The van der Waals surface area contributed by atoms with Crippen LogP contribution in [0.2, 0.25) is 0 Å². The minimum atomic E-state index is -0.373. The van der Waals surface area contributed by atoms with Crippen LogP contribution in [-0.2, 0) is 4.79 Å². The summed E-state index contributed by atoms with van der Waals surface area (Å²) in [5, 5.41) is 7.38. The number of aromatic nitrogens is 3. The van der Waals surface area contributed by atoms with E-state index in [1.165, 1.54) is 10.2 Å². The molecule has 1 unspecified atom stereocenters. The Morgan fingerprint density at radius 2 is 1.51 bits per heavy atom. The highest BCUT2D eigenvalue weighted by Crippen LogP contribution is 2.27. The predicted octanol–water partition coefficient (Wildman–Crippen LogP) is 4.73. The maximum atomic E-state index is 13.6. The summed E-state index contributed by atoms with van der Waals surface area (Å²) in [5.74, 6) is -0.0189.